The lowest BCUT2D eigenvalue weighted by molar-refractivity contribution is 0.443. The Morgan fingerprint density at radius 3 is 1.75 bits per heavy atom. The fraction of sp³-hybridized carbons (Fsp3) is 0.217. The van der Waals surface area contributed by atoms with E-state index in [4.69, 9.17) is 0 Å². The van der Waals surface area contributed by atoms with E-state index in [1.54, 1.807) is 12.4 Å². The van der Waals surface area contributed by atoms with Crippen LogP contribution in [0.2, 0.25) is 0 Å². The van der Waals surface area contributed by atoms with Crippen molar-refractivity contribution in [2.45, 2.75) is 31.3 Å². The Labute approximate surface area is 165 Å². The molecule has 0 aliphatic heterocycles. The molecule has 5 heteroatoms. The minimum Gasteiger partial charge on any atom is -0.363 e. The molecule has 3 aromatic rings. The van der Waals surface area contributed by atoms with Crippen LogP contribution in [0.25, 0.3) is 0 Å². The summed E-state index contributed by atoms with van der Waals surface area (Å²) in [4.78, 5) is 4.03. The zero-order valence-electron chi connectivity index (χ0n) is 15.8. The molecule has 0 amide bonds. The van der Waals surface area contributed by atoms with Crippen molar-refractivity contribution in [2.24, 2.45) is 5.10 Å². The Hall–Kier alpha value is -3.34. The van der Waals surface area contributed by atoms with Crippen LogP contribution in [0.3, 0.4) is 0 Å². The van der Waals surface area contributed by atoms with Gasteiger partial charge in [0.15, 0.2) is 0 Å². The largest absolute Gasteiger partial charge is 0.363 e. The highest BCUT2D eigenvalue weighted by Crippen LogP contribution is 2.32. The zero-order valence-corrected chi connectivity index (χ0v) is 15.8. The molecular formula is C23H25N5. The predicted molar refractivity (Wildman–Crippen MR) is 117 cm³/mol. The Bertz CT molecular complexity index is 841. The third-order valence-corrected chi connectivity index (χ3v) is 5.02. The molecule has 1 aromatic heterocycles. The first kappa shape index (κ1) is 18.0. The lowest BCUT2D eigenvalue weighted by atomic mass is 9.87. The van der Waals surface area contributed by atoms with Crippen LogP contribution >= 0.6 is 0 Å². The molecule has 142 valence electrons. The second kappa shape index (κ2) is 8.57. The fourth-order valence-electron chi connectivity index (χ4n) is 3.52. The van der Waals surface area contributed by atoms with Crippen molar-refractivity contribution < 1.29 is 0 Å². The van der Waals surface area contributed by atoms with Crippen molar-refractivity contribution in [3.05, 3.63) is 85.2 Å². The van der Waals surface area contributed by atoms with Gasteiger partial charge in [0.05, 0.1) is 5.69 Å². The lowest BCUT2D eigenvalue weighted by Crippen LogP contribution is -2.49. The van der Waals surface area contributed by atoms with E-state index in [-0.39, 0.29) is 5.66 Å². The van der Waals surface area contributed by atoms with Crippen LogP contribution in [0.4, 0.5) is 17.1 Å². The smallest absolute Gasteiger partial charge is 0.108 e. The third kappa shape index (κ3) is 4.68. The van der Waals surface area contributed by atoms with E-state index in [0.29, 0.717) is 0 Å². The number of anilines is 3. The standard InChI is InChI=1S/C23H25N5/c1-3-7-19(8-4-1)25-23(26-20-9-5-2-6-10-20)15-11-21(12-16-23)27-28-22-13-17-24-18-14-22/h1-10,13-14,17-18,25-26H,11-12,15-16H2,(H,24,28). The van der Waals surface area contributed by atoms with Crippen LogP contribution in [0.1, 0.15) is 25.7 Å². The molecule has 3 N–H and O–H groups in total. The molecular weight excluding hydrogens is 346 g/mol. The molecule has 1 saturated carbocycles. The maximum Gasteiger partial charge on any atom is 0.108 e. The predicted octanol–water partition coefficient (Wildman–Crippen LogP) is 5.34. The molecule has 0 bridgehead atoms. The lowest BCUT2D eigenvalue weighted by Gasteiger charge is -2.41. The van der Waals surface area contributed by atoms with Gasteiger partial charge in [-0.3, -0.25) is 10.4 Å². The fourth-order valence-corrected chi connectivity index (χ4v) is 3.52. The van der Waals surface area contributed by atoms with Crippen molar-refractivity contribution in [2.75, 3.05) is 16.1 Å². The minimum atomic E-state index is -0.196. The van der Waals surface area contributed by atoms with Crippen molar-refractivity contribution in [3.63, 3.8) is 0 Å². The van der Waals surface area contributed by atoms with Crippen LogP contribution in [-0.4, -0.2) is 16.4 Å². The first-order chi connectivity index (χ1) is 13.8. The summed E-state index contributed by atoms with van der Waals surface area (Å²) >= 11 is 0. The van der Waals surface area contributed by atoms with Crippen LogP contribution in [0, 0.1) is 0 Å². The summed E-state index contributed by atoms with van der Waals surface area (Å²) in [5.41, 5.74) is 7.36. The molecule has 1 aliphatic carbocycles. The minimum absolute atomic E-state index is 0.196. The second-order valence-corrected chi connectivity index (χ2v) is 7.09. The maximum atomic E-state index is 4.62. The van der Waals surface area contributed by atoms with E-state index in [0.717, 1.165) is 42.7 Å². The van der Waals surface area contributed by atoms with Crippen LogP contribution in [0.5, 0.6) is 0 Å². The first-order valence-corrected chi connectivity index (χ1v) is 9.69. The summed E-state index contributed by atoms with van der Waals surface area (Å²) in [7, 11) is 0. The van der Waals surface area contributed by atoms with Gasteiger partial charge < -0.3 is 10.6 Å². The molecule has 0 saturated heterocycles. The quantitative estimate of drug-likeness (QED) is 0.404. The Morgan fingerprint density at radius 2 is 1.21 bits per heavy atom. The van der Waals surface area contributed by atoms with Crippen LogP contribution in [0.15, 0.2) is 90.3 Å². The van der Waals surface area contributed by atoms with Gasteiger partial charge in [0.1, 0.15) is 5.66 Å². The molecule has 4 rings (SSSR count). The number of para-hydroxylation sites is 2. The monoisotopic (exact) mass is 371 g/mol. The SMILES string of the molecule is c1ccc(NC2(Nc3ccccc3)CCC(=NNc3ccncc3)CC2)cc1. The summed E-state index contributed by atoms with van der Waals surface area (Å²) in [6, 6.07) is 24.6. The summed E-state index contributed by atoms with van der Waals surface area (Å²) in [6.45, 7) is 0. The first-order valence-electron chi connectivity index (χ1n) is 9.69. The highest BCUT2D eigenvalue weighted by Gasteiger charge is 2.34. The third-order valence-electron chi connectivity index (χ3n) is 5.02. The highest BCUT2D eigenvalue weighted by molar-refractivity contribution is 5.86. The summed E-state index contributed by atoms with van der Waals surface area (Å²) < 4.78 is 0. The number of hydrazone groups is 1. The van der Waals surface area contributed by atoms with Gasteiger partial charge in [-0.25, -0.2) is 0 Å². The number of nitrogens with one attached hydrogen (secondary N) is 3. The number of benzene rings is 2. The van der Waals surface area contributed by atoms with E-state index in [9.17, 15) is 0 Å². The van der Waals surface area contributed by atoms with Crippen molar-refractivity contribution in [3.8, 4) is 0 Å². The van der Waals surface area contributed by atoms with E-state index in [1.165, 1.54) is 5.71 Å². The van der Waals surface area contributed by atoms with Gasteiger partial charge in [0.25, 0.3) is 0 Å². The van der Waals surface area contributed by atoms with Crippen LogP contribution < -0.4 is 16.1 Å². The number of hydrogen-bond donors (Lipinski definition) is 3. The van der Waals surface area contributed by atoms with E-state index in [1.807, 2.05) is 24.3 Å². The molecule has 28 heavy (non-hydrogen) atoms. The van der Waals surface area contributed by atoms with Gasteiger partial charge in [0.2, 0.25) is 0 Å². The topological polar surface area (TPSA) is 61.3 Å². The molecule has 0 unspecified atom stereocenters. The number of pyridine rings is 1. The molecule has 0 radical (unpaired) electrons. The normalized spacial score (nSPS) is 15.5. The molecule has 0 atom stereocenters. The van der Waals surface area contributed by atoms with Gasteiger partial charge in [-0.1, -0.05) is 36.4 Å². The molecule has 1 heterocycles. The van der Waals surface area contributed by atoms with E-state index in [2.05, 4.69) is 74.7 Å². The zero-order chi connectivity index (χ0) is 19.1. The molecule has 0 spiro atoms. The molecule has 1 aliphatic rings. The van der Waals surface area contributed by atoms with Gasteiger partial charge in [-0.2, -0.15) is 5.10 Å². The van der Waals surface area contributed by atoms with Crippen molar-refractivity contribution in [1.82, 2.24) is 4.98 Å². The Balaban J connectivity index is 1.47. The van der Waals surface area contributed by atoms with E-state index < -0.39 is 0 Å². The van der Waals surface area contributed by atoms with Crippen molar-refractivity contribution in [1.29, 1.82) is 0 Å². The highest BCUT2D eigenvalue weighted by atomic mass is 15.3. The van der Waals surface area contributed by atoms with Gasteiger partial charge in [-0.15, -0.1) is 0 Å². The summed E-state index contributed by atoms with van der Waals surface area (Å²) in [5.74, 6) is 0. The summed E-state index contributed by atoms with van der Waals surface area (Å²) in [6.07, 6.45) is 7.29. The number of hydrogen-bond acceptors (Lipinski definition) is 5. The number of aromatic nitrogens is 1. The van der Waals surface area contributed by atoms with Crippen molar-refractivity contribution >= 4 is 22.8 Å². The Morgan fingerprint density at radius 1 is 0.679 bits per heavy atom. The van der Waals surface area contributed by atoms with Gasteiger partial charge in [-0.05, 0) is 62.1 Å². The van der Waals surface area contributed by atoms with Crippen LogP contribution in [-0.2, 0) is 0 Å². The maximum absolute atomic E-state index is 4.62. The van der Waals surface area contributed by atoms with E-state index >= 15 is 0 Å². The molecule has 1 fully saturated rings. The van der Waals surface area contributed by atoms with Gasteiger partial charge >= 0.3 is 0 Å². The van der Waals surface area contributed by atoms with Gasteiger partial charge in [0, 0.05) is 29.5 Å². The molecule has 2 aromatic carbocycles. The number of rotatable bonds is 6. The Kier molecular flexibility index (Phi) is 5.52. The number of nitrogens with zero attached hydrogens (tertiary/aromatic N) is 2. The summed E-state index contributed by atoms with van der Waals surface area (Å²) in [5, 5.41) is 12.1. The average Bonchev–Trinajstić information content (AvgIpc) is 2.76. The average molecular weight is 371 g/mol. The molecule has 5 nitrogen and oxygen atoms in total. The second-order valence-electron chi connectivity index (χ2n) is 7.09.